The van der Waals surface area contributed by atoms with Crippen LogP contribution in [0.25, 0.3) is 0 Å². The summed E-state index contributed by atoms with van der Waals surface area (Å²) in [5, 5.41) is 11.9. The van der Waals surface area contributed by atoms with E-state index < -0.39 is 0 Å². The van der Waals surface area contributed by atoms with Gasteiger partial charge in [-0.2, -0.15) is 0 Å². The maximum Gasteiger partial charge on any atom is 0.218 e. The van der Waals surface area contributed by atoms with Gasteiger partial charge < -0.3 is 11.1 Å². The Morgan fingerprint density at radius 3 is 3.07 bits per heavy atom. The van der Waals surface area contributed by atoms with E-state index in [0.29, 0.717) is 12.2 Å². The topological polar surface area (TPSA) is 80.9 Å². The lowest BCUT2D eigenvalue weighted by Crippen LogP contribution is -2.10. The fourth-order valence-electron chi connectivity index (χ4n) is 0.810. The van der Waals surface area contributed by atoms with Gasteiger partial charge in [-0.15, -0.1) is 10.2 Å². The number of carbonyl (C=O) groups is 1. The monoisotopic (exact) mass is 246 g/mol. The van der Waals surface area contributed by atoms with Crippen molar-refractivity contribution in [3.05, 3.63) is 0 Å². The van der Waals surface area contributed by atoms with Crippen LogP contribution in [0, 0.1) is 0 Å². The molecule has 0 unspecified atom stereocenters. The van der Waals surface area contributed by atoms with Gasteiger partial charge in [0.25, 0.3) is 0 Å². The zero-order valence-electron chi connectivity index (χ0n) is 8.52. The molecule has 0 saturated heterocycles. The van der Waals surface area contributed by atoms with Crippen molar-refractivity contribution in [1.82, 2.24) is 10.2 Å². The molecule has 1 aromatic rings. The number of nitrogens with zero attached hydrogens (tertiary/aromatic N) is 2. The quantitative estimate of drug-likeness (QED) is 0.709. The molecule has 3 N–H and O–H groups in total. The lowest BCUT2D eigenvalue weighted by atomic mass is 10.5. The number of aromatic nitrogens is 2. The van der Waals surface area contributed by atoms with Crippen LogP contribution in [0.3, 0.4) is 0 Å². The van der Waals surface area contributed by atoms with Crippen molar-refractivity contribution in [2.45, 2.75) is 24.1 Å². The van der Waals surface area contributed by atoms with Gasteiger partial charge in [0, 0.05) is 18.7 Å². The summed E-state index contributed by atoms with van der Waals surface area (Å²) in [6, 6.07) is 0. The van der Waals surface area contributed by atoms with E-state index in [1.54, 1.807) is 0 Å². The number of anilines is 1. The van der Waals surface area contributed by atoms with Crippen molar-refractivity contribution in [1.29, 1.82) is 0 Å². The third-order valence-corrected chi connectivity index (χ3v) is 3.52. The van der Waals surface area contributed by atoms with Gasteiger partial charge in [-0.05, 0) is 6.42 Å². The molecule has 0 aliphatic heterocycles. The third-order valence-electron chi connectivity index (χ3n) is 1.51. The summed E-state index contributed by atoms with van der Waals surface area (Å²) in [6.07, 6.45) is 1.44. The summed E-state index contributed by atoms with van der Waals surface area (Å²) in [7, 11) is 0. The van der Waals surface area contributed by atoms with Crippen LogP contribution >= 0.6 is 23.1 Å². The third kappa shape index (κ3) is 4.98. The summed E-state index contributed by atoms with van der Waals surface area (Å²) in [5.74, 6) is 0.383. The first-order valence-electron chi connectivity index (χ1n) is 4.71. The molecule has 0 aliphatic rings. The highest BCUT2D eigenvalue weighted by atomic mass is 32.2. The van der Waals surface area contributed by atoms with E-state index in [0.717, 1.165) is 22.4 Å². The van der Waals surface area contributed by atoms with Crippen LogP contribution in [0.1, 0.15) is 19.8 Å². The molecule has 0 saturated carbocycles. The number of thioether (sulfide) groups is 1. The maximum atomic E-state index is 10.5. The Morgan fingerprint density at radius 1 is 1.60 bits per heavy atom. The van der Waals surface area contributed by atoms with Gasteiger partial charge in [0.05, 0.1) is 0 Å². The summed E-state index contributed by atoms with van der Waals surface area (Å²) in [5.41, 5.74) is 5.03. The number of nitrogens with one attached hydrogen (secondary N) is 1. The molecule has 84 valence electrons. The van der Waals surface area contributed by atoms with Crippen molar-refractivity contribution in [2.24, 2.45) is 5.73 Å². The number of hydrogen-bond acceptors (Lipinski definition) is 6. The standard InChI is InChI=1S/C8H14N4OS2/c1-2-4-10-7-11-12-8(15-7)14-5-3-6(9)13/h2-5H2,1H3,(H2,9,13)(H,10,11). The van der Waals surface area contributed by atoms with Gasteiger partial charge in [0.2, 0.25) is 11.0 Å². The van der Waals surface area contributed by atoms with Gasteiger partial charge in [0.1, 0.15) is 0 Å². The zero-order chi connectivity index (χ0) is 11.1. The molecule has 1 heterocycles. The Kier molecular flexibility index (Phi) is 5.41. The Bertz CT molecular complexity index is 315. The van der Waals surface area contributed by atoms with Crippen LogP contribution in [-0.4, -0.2) is 28.4 Å². The van der Waals surface area contributed by atoms with E-state index in [-0.39, 0.29) is 5.91 Å². The lowest BCUT2D eigenvalue weighted by molar-refractivity contribution is -0.117. The zero-order valence-corrected chi connectivity index (χ0v) is 10.2. The van der Waals surface area contributed by atoms with Gasteiger partial charge in [-0.25, -0.2) is 0 Å². The summed E-state index contributed by atoms with van der Waals surface area (Å²) < 4.78 is 0.870. The highest BCUT2D eigenvalue weighted by molar-refractivity contribution is 8.01. The predicted octanol–water partition coefficient (Wildman–Crippen LogP) is 1.33. The summed E-state index contributed by atoms with van der Waals surface area (Å²) in [4.78, 5) is 10.5. The molecule has 5 nitrogen and oxygen atoms in total. The molecule has 1 aromatic heterocycles. The first-order chi connectivity index (χ1) is 7.22. The molecular formula is C8H14N4OS2. The van der Waals surface area contributed by atoms with Gasteiger partial charge in [0.15, 0.2) is 4.34 Å². The maximum absolute atomic E-state index is 10.5. The largest absolute Gasteiger partial charge is 0.370 e. The minimum absolute atomic E-state index is 0.281. The van der Waals surface area contributed by atoms with Crippen LogP contribution < -0.4 is 11.1 Å². The average Bonchev–Trinajstić information content (AvgIpc) is 2.62. The van der Waals surface area contributed by atoms with Crippen LogP contribution in [0.15, 0.2) is 4.34 Å². The molecule has 1 amide bonds. The fourth-order valence-corrected chi connectivity index (χ4v) is 2.61. The van der Waals surface area contributed by atoms with Crippen molar-refractivity contribution < 1.29 is 4.79 Å². The molecule has 0 aromatic carbocycles. The minimum Gasteiger partial charge on any atom is -0.370 e. The second-order valence-electron chi connectivity index (χ2n) is 2.86. The van der Waals surface area contributed by atoms with E-state index in [4.69, 9.17) is 5.73 Å². The predicted molar refractivity (Wildman–Crippen MR) is 63.2 cm³/mol. The summed E-state index contributed by atoms with van der Waals surface area (Å²) >= 11 is 3.01. The second-order valence-corrected chi connectivity index (χ2v) is 5.18. The van der Waals surface area contributed by atoms with Crippen molar-refractivity contribution >= 4 is 34.1 Å². The van der Waals surface area contributed by atoms with E-state index in [9.17, 15) is 4.79 Å². The number of primary amides is 1. The number of rotatable bonds is 7. The van der Waals surface area contributed by atoms with E-state index >= 15 is 0 Å². The molecule has 7 heteroatoms. The van der Waals surface area contributed by atoms with E-state index in [1.807, 2.05) is 0 Å². The lowest BCUT2D eigenvalue weighted by Gasteiger charge is -1.95. The molecule has 0 bridgehead atoms. The van der Waals surface area contributed by atoms with Crippen LogP contribution in [0.2, 0.25) is 0 Å². The van der Waals surface area contributed by atoms with Gasteiger partial charge in [-0.3, -0.25) is 4.79 Å². The first kappa shape index (κ1) is 12.3. The molecule has 0 aliphatic carbocycles. The van der Waals surface area contributed by atoms with Crippen molar-refractivity contribution in [2.75, 3.05) is 17.6 Å². The van der Waals surface area contributed by atoms with Gasteiger partial charge in [-0.1, -0.05) is 30.0 Å². The first-order valence-corrected chi connectivity index (χ1v) is 6.51. The summed E-state index contributed by atoms with van der Waals surface area (Å²) in [6.45, 7) is 3.00. The smallest absolute Gasteiger partial charge is 0.218 e. The Labute approximate surface area is 96.8 Å². The molecule has 15 heavy (non-hydrogen) atoms. The SMILES string of the molecule is CCCNc1nnc(SCCC(N)=O)s1. The number of nitrogens with two attached hydrogens (primary N) is 1. The highest BCUT2D eigenvalue weighted by Gasteiger charge is 2.04. The molecule has 0 atom stereocenters. The van der Waals surface area contributed by atoms with Crippen molar-refractivity contribution in [3.63, 3.8) is 0 Å². The van der Waals surface area contributed by atoms with E-state index in [2.05, 4.69) is 22.4 Å². The van der Waals surface area contributed by atoms with Crippen LogP contribution in [0.5, 0.6) is 0 Å². The van der Waals surface area contributed by atoms with Crippen molar-refractivity contribution in [3.8, 4) is 0 Å². The number of amides is 1. The second kappa shape index (κ2) is 6.62. The van der Waals surface area contributed by atoms with Gasteiger partial charge >= 0.3 is 0 Å². The van der Waals surface area contributed by atoms with Crippen LogP contribution in [0.4, 0.5) is 5.13 Å². The molecule has 0 fully saturated rings. The van der Waals surface area contributed by atoms with E-state index in [1.165, 1.54) is 23.1 Å². The molecule has 0 radical (unpaired) electrons. The molecule has 1 rings (SSSR count). The Balaban J connectivity index is 2.29. The normalized spacial score (nSPS) is 10.2. The average molecular weight is 246 g/mol. The Hall–Kier alpha value is -0.820. The molecular weight excluding hydrogens is 232 g/mol. The number of hydrogen-bond donors (Lipinski definition) is 2. The molecule has 0 spiro atoms. The fraction of sp³-hybridized carbons (Fsp3) is 0.625. The Morgan fingerprint density at radius 2 is 2.40 bits per heavy atom. The van der Waals surface area contributed by atoms with Crippen LogP contribution in [-0.2, 0) is 4.79 Å². The minimum atomic E-state index is -0.281. The highest BCUT2D eigenvalue weighted by Crippen LogP contribution is 2.25. The number of carbonyl (C=O) groups excluding carboxylic acids is 1.